The fourth-order valence-electron chi connectivity index (χ4n) is 3.45. The summed E-state index contributed by atoms with van der Waals surface area (Å²) in [7, 11) is 0. The predicted octanol–water partition coefficient (Wildman–Crippen LogP) is 1.49. The topological polar surface area (TPSA) is 44.7 Å². The van der Waals surface area contributed by atoms with Gasteiger partial charge in [-0.1, -0.05) is 13.8 Å². The van der Waals surface area contributed by atoms with Gasteiger partial charge in [-0.05, 0) is 44.7 Å². The summed E-state index contributed by atoms with van der Waals surface area (Å²) >= 11 is 0. The van der Waals surface area contributed by atoms with E-state index in [-0.39, 0.29) is 5.41 Å². The van der Waals surface area contributed by atoms with E-state index in [1.54, 1.807) is 0 Å². The fourth-order valence-corrected chi connectivity index (χ4v) is 3.45. The van der Waals surface area contributed by atoms with Gasteiger partial charge in [-0.3, -0.25) is 0 Å². The number of ether oxygens (including phenoxy) is 1. The van der Waals surface area contributed by atoms with Crippen molar-refractivity contribution in [3.05, 3.63) is 0 Å². The number of likely N-dealkylation sites (tertiary alicyclic amines) is 1. The van der Waals surface area contributed by atoms with Gasteiger partial charge in [0.05, 0.1) is 6.61 Å². The smallest absolute Gasteiger partial charge is 0.0546 e. The molecule has 118 valence electrons. The quantitative estimate of drug-likeness (QED) is 0.775. The van der Waals surface area contributed by atoms with Crippen LogP contribution in [0.25, 0.3) is 0 Å². The Morgan fingerprint density at radius 2 is 2.10 bits per heavy atom. The molecule has 4 nitrogen and oxygen atoms in total. The molecule has 2 saturated heterocycles. The molecule has 0 aliphatic carbocycles. The molecule has 2 aliphatic rings. The van der Waals surface area contributed by atoms with Crippen LogP contribution in [0.3, 0.4) is 0 Å². The van der Waals surface area contributed by atoms with Crippen molar-refractivity contribution in [1.29, 1.82) is 0 Å². The van der Waals surface area contributed by atoms with Crippen LogP contribution in [0.2, 0.25) is 0 Å². The van der Waals surface area contributed by atoms with Gasteiger partial charge >= 0.3 is 0 Å². The van der Waals surface area contributed by atoms with E-state index in [1.807, 2.05) is 0 Å². The zero-order chi connectivity index (χ0) is 14.4. The van der Waals surface area contributed by atoms with Crippen LogP contribution in [-0.4, -0.2) is 62.0 Å². The second-order valence-corrected chi connectivity index (χ2v) is 7.09. The largest absolute Gasteiger partial charge is 0.396 e. The summed E-state index contributed by atoms with van der Waals surface area (Å²) in [6, 6.07) is 0.536. The molecule has 0 radical (unpaired) electrons. The lowest BCUT2D eigenvalue weighted by molar-refractivity contribution is -0.0327. The highest BCUT2D eigenvalue weighted by atomic mass is 16.5. The van der Waals surface area contributed by atoms with Crippen LogP contribution in [0, 0.1) is 11.3 Å². The molecule has 2 rings (SSSR count). The molecule has 0 aromatic carbocycles. The standard InChI is InChI=1S/C16H32N2O2/c1-14(2)17-11-16(6-3-9-20-13-16)12-18-7-4-15(10-19)5-8-18/h14-15,17,19H,3-13H2,1-2H3. The maximum absolute atomic E-state index is 9.25. The van der Waals surface area contributed by atoms with E-state index in [2.05, 4.69) is 24.1 Å². The molecule has 0 aromatic rings. The Bertz CT molecular complexity index is 270. The molecule has 0 spiro atoms. The normalized spacial score (nSPS) is 30.0. The van der Waals surface area contributed by atoms with Crippen molar-refractivity contribution in [1.82, 2.24) is 10.2 Å². The monoisotopic (exact) mass is 284 g/mol. The first-order chi connectivity index (χ1) is 9.63. The predicted molar refractivity (Wildman–Crippen MR) is 81.9 cm³/mol. The van der Waals surface area contributed by atoms with Crippen LogP contribution in [0.5, 0.6) is 0 Å². The Morgan fingerprint density at radius 1 is 1.35 bits per heavy atom. The van der Waals surface area contributed by atoms with Crippen molar-refractivity contribution in [2.75, 3.05) is 46.0 Å². The molecule has 1 unspecified atom stereocenters. The van der Waals surface area contributed by atoms with Crippen molar-refractivity contribution in [2.45, 2.75) is 45.6 Å². The summed E-state index contributed by atoms with van der Waals surface area (Å²) < 4.78 is 5.79. The number of piperidine rings is 1. The minimum absolute atomic E-state index is 0.286. The second kappa shape index (κ2) is 7.74. The van der Waals surface area contributed by atoms with Gasteiger partial charge in [-0.15, -0.1) is 0 Å². The van der Waals surface area contributed by atoms with E-state index in [1.165, 1.54) is 12.8 Å². The summed E-state index contributed by atoms with van der Waals surface area (Å²) in [6.07, 6.45) is 4.75. The molecule has 0 saturated carbocycles. The number of nitrogens with zero attached hydrogens (tertiary/aromatic N) is 1. The van der Waals surface area contributed by atoms with Crippen molar-refractivity contribution < 1.29 is 9.84 Å². The van der Waals surface area contributed by atoms with Crippen LogP contribution in [0.1, 0.15) is 39.5 Å². The van der Waals surface area contributed by atoms with E-state index in [0.29, 0.717) is 18.6 Å². The number of hydrogen-bond acceptors (Lipinski definition) is 4. The highest BCUT2D eigenvalue weighted by Gasteiger charge is 2.35. The first kappa shape index (κ1) is 16.2. The first-order valence-corrected chi connectivity index (χ1v) is 8.28. The van der Waals surface area contributed by atoms with Gasteiger partial charge in [0.2, 0.25) is 0 Å². The average molecular weight is 284 g/mol. The molecule has 0 bridgehead atoms. The summed E-state index contributed by atoms with van der Waals surface area (Å²) in [5.74, 6) is 0.526. The fraction of sp³-hybridized carbons (Fsp3) is 1.00. The van der Waals surface area contributed by atoms with Crippen LogP contribution < -0.4 is 5.32 Å². The highest BCUT2D eigenvalue weighted by Crippen LogP contribution is 2.31. The van der Waals surface area contributed by atoms with Gasteiger partial charge in [0.1, 0.15) is 0 Å². The van der Waals surface area contributed by atoms with E-state index in [4.69, 9.17) is 4.74 Å². The Hall–Kier alpha value is -0.160. The molecule has 20 heavy (non-hydrogen) atoms. The SMILES string of the molecule is CC(C)NCC1(CN2CCC(CO)CC2)CCCOC1. The minimum atomic E-state index is 0.286. The van der Waals surface area contributed by atoms with Crippen LogP contribution in [0.4, 0.5) is 0 Å². The molecule has 2 N–H and O–H groups in total. The Kier molecular flexibility index (Phi) is 6.27. The first-order valence-electron chi connectivity index (χ1n) is 8.28. The average Bonchev–Trinajstić information content (AvgIpc) is 2.47. The van der Waals surface area contributed by atoms with Gasteiger partial charge in [-0.2, -0.15) is 0 Å². The molecule has 4 heteroatoms. The lowest BCUT2D eigenvalue weighted by Gasteiger charge is -2.43. The molecule has 2 heterocycles. The number of rotatable bonds is 6. The maximum atomic E-state index is 9.25. The Balaban J connectivity index is 1.87. The molecular formula is C16H32N2O2. The van der Waals surface area contributed by atoms with Gasteiger partial charge in [-0.25, -0.2) is 0 Å². The van der Waals surface area contributed by atoms with Crippen LogP contribution in [-0.2, 0) is 4.74 Å². The lowest BCUT2D eigenvalue weighted by atomic mass is 9.81. The Labute approximate surface area is 123 Å². The number of hydrogen-bond donors (Lipinski definition) is 2. The summed E-state index contributed by atoms with van der Waals surface area (Å²) in [5.41, 5.74) is 0.286. The minimum Gasteiger partial charge on any atom is -0.396 e. The lowest BCUT2D eigenvalue weighted by Crippen LogP contribution is -2.51. The third kappa shape index (κ3) is 4.69. The van der Waals surface area contributed by atoms with Crippen molar-refractivity contribution >= 4 is 0 Å². The van der Waals surface area contributed by atoms with Gasteiger partial charge < -0.3 is 20.1 Å². The van der Waals surface area contributed by atoms with E-state index < -0.39 is 0 Å². The summed E-state index contributed by atoms with van der Waals surface area (Å²) in [5, 5.41) is 12.9. The third-order valence-corrected chi connectivity index (χ3v) is 4.81. The zero-order valence-corrected chi connectivity index (χ0v) is 13.2. The van der Waals surface area contributed by atoms with E-state index in [0.717, 1.165) is 52.2 Å². The van der Waals surface area contributed by atoms with E-state index >= 15 is 0 Å². The van der Waals surface area contributed by atoms with Crippen LogP contribution >= 0.6 is 0 Å². The molecule has 0 amide bonds. The maximum Gasteiger partial charge on any atom is 0.0546 e. The summed E-state index contributed by atoms with van der Waals surface area (Å²) in [6.45, 7) is 11.1. The van der Waals surface area contributed by atoms with Gasteiger partial charge in [0, 0.05) is 37.8 Å². The summed E-state index contributed by atoms with van der Waals surface area (Å²) in [4.78, 5) is 2.59. The molecule has 1 atom stereocenters. The number of aliphatic hydroxyl groups excluding tert-OH is 1. The third-order valence-electron chi connectivity index (χ3n) is 4.81. The second-order valence-electron chi connectivity index (χ2n) is 7.09. The van der Waals surface area contributed by atoms with Crippen LogP contribution in [0.15, 0.2) is 0 Å². The van der Waals surface area contributed by atoms with Crippen molar-refractivity contribution in [3.63, 3.8) is 0 Å². The van der Waals surface area contributed by atoms with Gasteiger partial charge in [0.25, 0.3) is 0 Å². The number of aliphatic hydroxyl groups is 1. The molecule has 2 fully saturated rings. The molecule has 2 aliphatic heterocycles. The zero-order valence-electron chi connectivity index (χ0n) is 13.2. The highest BCUT2D eigenvalue weighted by molar-refractivity contribution is 4.89. The number of nitrogens with one attached hydrogen (secondary N) is 1. The van der Waals surface area contributed by atoms with E-state index in [9.17, 15) is 5.11 Å². The molecular weight excluding hydrogens is 252 g/mol. The van der Waals surface area contributed by atoms with Crippen molar-refractivity contribution in [2.24, 2.45) is 11.3 Å². The molecule has 0 aromatic heterocycles. The van der Waals surface area contributed by atoms with Crippen molar-refractivity contribution in [3.8, 4) is 0 Å². The Morgan fingerprint density at radius 3 is 2.65 bits per heavy atom. The van der Waals surface area contributed by atoms with Gasteiger partial charge in [0.15, 0.2) is 0 Å².